The number of rotatable bonds is 11. The van der Waals surface area contributed by atoms with Gasteiger partial charge in [0.1, 0.15) is 34.9 Å². The molecular formula is C33H41NO8. The van der Waals surface area contributed by atoms with Crippen molar-refractivity contribution in [1.29, 1.82) is 0 Å². The zero-order valence-corrected chi connectivity index (χ0v) is 24.6. The zero-order chi connectivity index (χ0) is 29.8. The topological polar surface area (TPSA) is 119 Å². The Morgan fingerprint density at radius 1 is 0.952 bits per heavy atom. The molecule has 0 radical (unpaired) electrons. The summed E-state index contributed by atoms with van der Waals surface area (Å²) in [6, 6.07) is 14.5. The van der Waals surface area contributed by atoms with Crippen LogP contribution in [0, 0.1) is 11.8 Å². The van der Waals surface area contributed by atoms with Gasteiger partial charge in [-0.2, -0.15) is 0 Å². The molecule has 0 spiro atoms. The Balaban J connectivity index is 1.51. The van der Waals surface area contributed by atoms with E-state index < -0.39 is 24.0 Å². The van der Waals surface area contributed by atoms with Crippen LogP contribution < -0.4 is 24.3 Å². The molecule has 0 saturated heterocycles. The number of nitrogens with one attached hydrogen (secondary N) is 1. The van der Waals surface area contributed by atoms with Crippen LogP contribution in [0.25, 0.3) is 0 Å². The molecule has 0 aromatic heterocycles. The second-order valence-corrected chi connectivity index (χ2v) is 11.0. The molecule has 0 saturated carbocycles. The van der Waals surface area contributed by atoms with Crippen molar-refractivity contribution in [3.8, 4) is 28.7 Å². The highest BCUT2D eigenvalue weighted by atomic mass is 16.5. The van der Waals surface area contributed by atoms with Crippen LogP contribution in [0.15, 0.2) is 48.5 Å². The fraction of sp³-hybridized carbons (Fsp3) is 0.455. The standard InChI is InChI=1S/C33H41NO8/c1-34-17-21-14-29-24(16-28(21)40-4)32(37)30(27(42-29)9-6-10-38-2)26-18-41-33-20(11-19-7-5-8-22(35)12-19)13-23(39-3)15-25(33)31(26)36/h5,7-8,12-16,26-27,30-32,34-37H,6,9-11,17-18H2,1-4H3/t26-,27-,30+,31+,32-/m0/s1. The third kappa shape index (κ3) is 6.01. The number of methoxy groups -OCH3 is 3. The third-order valence-corrected chi connectivity index (χ3v) is 8.36. The number of ether oxygens (including phenoxy) is 5. The first kappa shape index (κ1) is 30.0. The molecule has 0 amide bonds. The van der Waals surface area contributed by atoms with E-state index in [1.54, 1.807) is 45.6 Å². The lowest BCUT2D eigenvalue weighted by Gasteiger charge is -2.45. The largest absolute Gasteiger partial charge is 0.508 e. The monoisotopic (exact) mass is 579 g/mol. The lowest BCUT2D eigenvalue weighted by atomic mass is 9.72. The van der Waals surface area contributed by atoms with Crippen LogP contribution in [-0.2, 0) is 17.7 Å². The van der Waals surface area contributed by atoms with Gasteiger partial charge in [0.15, 0.2) is 0 Å². The van der Waals surface area contributed by atoms with Crippen molar-refractivity contribution in [2.45, 2.75) is 44.1 Å². The predicted molar refractivity (Wildman–Crippen MR) is 158 cm³/mol. The molecular weight excluding hydrogens is 538 g/mol. The van der Waals surface area contributed by atoms with E-state index in [1.165, 1.54) is 0 Å². The van der Waals surface area contributed by atoms with Crippen molar-refractivity contribution in [1.82, 2.24) is 5.32 Å². The van der Waals surface area contributed by atoms with Gasteiger partial charge in [0.05, 0.1) is 33.0 Å². The highest BCUT2D eigenvalue weighted by molar-refractivity contribution is 5.52. The molecule has 4 N–H and O–H groups in total. The number of aliphatic hydroxyl groups excluding tert-OH is 2. The Bertz CT molecular complexity index is 1380. The van der Waals surface area contributed by atoms with Crippen LogP contribution in [0.4, 0.5) is 0 Å². The van der Waals surface area contributed by atoms with E-state index in [2.05, 4.69) is 5.32 Å². The molecule has 2 heterocycles. The number of benzene rings is 3. The highest BCUT2D eigenvalue weighted by Crippen LogP contribution is 2.51. The van der Waals surface area contributed by atoms with E-state index in [-0.39, 0.29) is 18.5 Å². The number of phenolic OH excluding ortho intramolecular Hbond substituents is 1. The number of hydrogen-bond donors (Lipinski definition) is 4. The number of aromatic hydroxyl groups is 1. The molecule has 9 heteroatoms. The van der Waals surface area contributed by atoms with Gasteiger partial charge in [0.25, 0.3) is 0 Å². The predicted octanol–water partition coefficient (Wildman–Crippen LogP) is 4.30. The smallest absolute Gasteiger partial charge is 0.128 e. The SMILES string of the molecule is CNCc1cc2c(cc1OC)[C@H](O)[C@H]([C@@H]1COc3c(Cc4cccc(O)c4)cc(OC)cc3[C@H]1O)[C@H](CCCOC)O2. The van der Waals surface area contributed by atoms with Gasteiger partial charge in [-0.25, -0.2) is 0 Å². The normalized spacial score (nSPS) is 22.9. The van der Waals surface area contributed by atoms with Crippen LogP contribution in [0.1, 0.15) is 52.9 Å². The maximum atomic E-state index is 11.9. The molecule has 0 bridgehead atoms. The second-order valence-electron chi connectivity index (χ2n) is 11.0. The van der Waals surface area contributed by atoms with Gasteiger partial charge in [-0.15, -0.1) is 0 Å². The van der Waals surface area contributed by atoms with Crippen LogP contribution in [-0.4, -0.2) is 63.0 Å². The van der Waals surface area contributed by atoms with Crippen LogP contribution in [0.2, 0.25) is 0 Å². The molecule has 0 aliphatic carbocycles. The first-order chi connectivity index (χ1) is 20.4. The van der Waals surface area contributed by atoms with E-state index in [9.17, 15) is 15.3 Å². The van der Waals surface area contributed by atoms with E-state index in [4.69, 9.17) is 23.7 Å². The summed E-state index contributed by atoms with van der Waals surface area (Å²) < 4.78 is 29.5. The zero-order valence-electron chi connectivity index (χ0n) is 24.6. The molecule has 5 rings (SSSR count). The van der Waals surface area contributed by atoms with Crippen LogP contribution in [0.5, 0.6) is 28.7 Å². The number of hydrogen-bond acceptors (Lipinski definition) is 9. The minimum absolute atomic E-state index is 0.186. The van der Waals surface area contributed by atoms with Crippen LogP contribution in [0.3, 0.4) is 0 Å². The van der Waals surface area contributed by atoms with E-state index >= 15 is 0 Å². The van der Waals surface area contributed by atoms with Crippen LogP contribution >= 0.6 is 0 Å². The minimum Gasteiger partial charge on any atom is -0.508 e. The van der Waals surface area contributed by atoms with Gasteiger partial charge in [-0.05, 0) is 61.9 Å². The van der Waals surface area contributed by atoms with E-state index in [0.717, 1.165) is 23.1 Å². The van der Waals surface area contributed by atoms with Crippen molar-refractivity contribution in [2.24, 2.45) is 11.8 Å². The molecule has 2 aliphatic rings. The summed E-state index contributed by atoms with van der Waals surface area (Å²) in [7, 11) is 6.73. The Hall–Kier alpha value is -3.50. The third-order valence-electron chi connectivity index (χ3n) is 8.36. The van der Waals surface area contributed by atoms with Crippen molar-refractivity contribution in [3.05, 3.63) is 76.3 Å². The van der Waals surface area contributed by atoms with Gasteiger partial charge in [0, 0.05) is 60.8 Å². The summed E-state index contributed by atoms with van der Waals surface area (Å²) in [5, 5.41) is 36.9. The highest BCUT2D eigenvalue weighted by Gasteiger charge is 2.47. The molecule has 42 heavy (non-hydrogen) atoms. The van der Waals surface area contributed by atoms with Crippen molar-refractivity contribution in [2.75, 3.05) is 41.6 Å². The van der Waals surface area contributed by atoms with Gasteiger partial charge < -0.3 is 44.3 Å². The van der Waals surface area contributed by atoms with E-state index in [1.807, 2.05) is 31.3 Å². The van der Waals surface area contributed by atoms with Gasteiger partial charge in [-0.1, -0.05) is 12.1 Å². The van der Waals surface area contributed by atoms with Crippen molar-refractivity contribution in [3.63, 3.8) is 0 Å². The minimum atomic E-state index is -0.938. The number of fused-ring (bicyclic) bond motifs is 2. The maximum Gasteiger partial charge on any atom is 0.128 e. The van der Waals surface area contributed by atoms with E-state index in [0.29, 0.717) is 60.1 Å². The Labute approximate surface area is 247 Å². The summed E-state index contributed by atoms with van der Waals surface area (Å²) >= 11 is 0. The quantitative estimate of drug-likeness (QED) is 0.247. The Morgan fingerprint density at radius 3 is 2.50 bits per heavy atom. The van der Waals surface area contributed by atoms with Gasteiger partial charge >= 0.3 is 0 Å². The molecule has 2 aliphatic heterocycles. The summed E-state index contributed by atoms with van der Waals surface area (Å²) in [4.78, 5) is 0. The molecule has 5 atom stereocenters. The fourth-order valence-corrected chi connectivity index (χ4v) is 6.35. The molecule has 0 unspecified atom stereocenters. The maximum absolute atomic E-state index is 11.9. The molecule has 3 aromatic rings. The molecule has 0 fully saturated rings. The molecule has 9 nitrogen and oxygen atoms in total. The first-order valence-electron chi connectivity index (χ1n) is 14.4. The molecule has 3 aromatic carbocycles. The Morgan fingerprint density at radius 2 is 1.79 bits per heavy atom. The summed E-state index contributed by atoms with van der Waals surface area (Å²) in [6.07, 6.45) is -0.364. The summed E-state index contributed by atoms with van der Waals surface area (Å²) in [5.41, 5.74) is 3.92. The fourth-order valence-electron chi connectivity index (χ4n) is 6.35. The van der Waals surface area contributed by atoms with Gasteiger partial charge in [-0.3, -0.25) is 0 Å². The summed E-state index contributed by atoms with van der Waals surface area (Å²) in [5.74, 6) is 1.74. The summed E-state index contributed by atoms with van der Waals surface area (Å²) in [6.45, 7) is 1.35. The lowest BCUT2D eigenvalue weighted by Crippen LogP contribution is -2.46. The number of phenols is 1. The molecule has 226 valence electrons. The average Bonchev–Trinajstić information content (AvgIpc) is 2.98. The lowest BCUT2D eigenvalue weighted by molar-refractivity contribution is -0.0889. The number of aliphatic hydroxyl groups is 2. The Kier molecular flexibility index (Phi) is 9.43. The first-order valence-corrected chi connectivity index (χ1v) is 14.4. The average molecular weight is 580 g/mol. The van der Waals surface area contributed by atoms with Crippen molar-refractivity contribution >= 4 is 0 Å². The van der Waals surface area contributed by atoms with Gasteiger partial charge in [0.2, 0.25) is 0 Å². The second kappa shape index (κ2) is 13.2. The van der Waals surface area contributed by atoms with Crippen molar-refractivity contribution < 1.29 is 39.0 Å².